The average molecular weight is 250 g/mol. The second kappa shape index (κ2) is 4.21. The predicted molar refractivity (Wildman–Crippen MR) is 61.9 cm³/mol. The number of ether oxygens (including phenoxy) is 2. The predicted octanol–water partition coefficient (Wildman–Crippen LogP) is 2.22. The van der Waals surface area contributed by atoms with Crippen LogP contribution in [0.1, 0.15) is 6.42 Å². The number of rotatable bonds is 1. The molecule has 0 aliphatic carbocycles. The molecule has 6 heteroatoms. The number of nitrogens with zero attached hydrogens (tertiary/aromatic N) is 1. The summed E-state index contributed by atoms with van der Waals surface area (Å²) in [6.07, 6.45) is 0.723. The Morgan fingerprint density at radius 2 is 2.06 bits per heavy atom. The van der Waals surface area contributed by atoms with Crippen LogP contribution >= 0.6 is 0 Å². The first-order valence-corrected chi connectivity index (χ1v) is 5.56. The highest BCUT2D eigenvalue weighted by Gasteiger charge is 2.20. The smallest absolute Gasteiger partial charge is 0.222 e. The fraction of sp³-hybridized carbons (Fsp3) is 0.250. The van der Waals surface area contributed by atoms with Crippen molar-refractivity contribution in [2.24, 2.45) is 0 Å². The van der Waals surface area contributed by atoms with Gasteiger partial charge in [0.2, 0.25) is 5.88 Å². The first-order chi connectivity index (χ1) is 8.75. The third-order valence-corrected chi connectivity index (χ3v) is 2.66. The van der Waals surface area contributed by atoms with Crippen molar-refractivity contribution >= 4 is 5.88 Å². The van der Waals surface area contributed by atoms with Crippen LogP contribution in [0.25, 0.3) is 11.3 Å². The number of halogens is 1. The first-order valence-electron chi connectivity index (χ1n) is 5.56. The SMILES string of the molecule is Nc1cc(-c2ccc3c(c2F)OCCCO3)no1. The van der Waals surface area contributed by atoms with Crippen molar-refractivity contribution in [1.82, 2.24) is 5.16 Å². The average Bonchev–Trinajstić information content (AvgIpc) is 2.65. The Labute approximate surface area is 102 Å². The van der Waals surface area contributed by atoms with Gasteiger partial charge in [0.25, 0.3) is 0 Å². The van der Waals surface area contributed by atoms with Crippen LogP contribution in [0.3, 0.4) is 0 Å². The van der Waals surface area contributed by atoms with Crippen LogP contribution in [-0.2, 0) is 0 Å². The summed E-state index contributed by atoms with van der Waals surface area (Å²) in [7, 11) is 0. The highest BCUT2D eigenvalue weighted by Crippen LogP contribution is 2.38. The molecule has 2 N–H and O–H groups in total. The quantitative estimate of drug-likeness (QED) is 0.840. The summed E-state index contributed by atoms with van der Waals surface area (Å²) >= 11 is 0. The zero-order valence-corrected chi connectivity index (χ0v) is 9.48. The van der Waals surface area contributed by atoms with Crippen molar-refractivity contribution in [3.05, 3.63) is 24.0 Å². The molecular formula is C12H11FN2O3. The maximum Gasteiger partial charge on any atom is 0.222 e. The van der Waals surface area contributed by atoms with Crippen LogP contribution in [0, 0.1) is 5.82 Å². The standard InChI is InChI=1S/C12H11FN2O3/c13-11-7(8-6-10(14)18-15-8)2-3-9-12(11)17-5-1-4-16-9/h2-3,6H,1,4-5,14H2. The highest BCUT2D eigenvalue weighted by atomic mass is 19.1. The molecule has 2 heterocycles. The van der Waals surface area contributed by atoms with Crippen LogP contribution in [0.2, 0.25) is 0 Å². The van der Waals surface area contributed by atoms with Crippen molar-refractivity contribution in [2.75, 3.05) is 18.9 Å². The maximum atomic E-state index is 14.3. The van der Waals surface area contributed by atoms with E-state index in [-0.39, 0.29) is 17.2 Å². The van der Waals surface area contributed by atoms with E-state index in [1.54, 1.807) is 12.1 Å². The Balaban J connectivity index is 2.09. The second-order valence-electron chi connectivity index (χ2n) is 3.92. The summed E-state index contributed by atoms with van der Waals surface area (Å²) in [6, 6.07) is 4.69. The Bertz CT molecular complexity index is 583. The van der Waals surface area contributed by atoms with E-state index in [2.05, 4.69) is 5.16 Å². The number of fused-ring (bicyclic) bond motifs is 1. The van der Waals surface area contributed by atoms with E-state index in [4.69, 9.17) is 19.7 Å². The van der Waals surface area contributed by atoms with Crippen LogP contribution in [0.15, 0.2) is 22.7 Å². The number of anilines is 1. The van der Waals surface area contributed by atoms with Gasteiger partial charge in [0.1, 0.15) is 5.69 Å². The Hall–Kier alpha value is -2.24. The molecule has 0 unspecified atom stereocenters. The third-order valence-electron chi connectivity index (χ3n) is 2.66. The molecule has 1 aliphatic heterocycles. The monoisotopic (exact) mass is 250 g/mol. The van der Waals surface area contributed by atoms with E-state index in [1.165, 1.54) is 6.07 Å². The second-order valence-corrected chi connectivity index (χ2v) is 3.92. The molecule has 0 saturated carbocycles. The topological polar surface area (TPSA) is 70.5 Å². The lowest BCUT2D eigenvalue weighted by Gasteiger charge is -2.09. The minimum atomic E-state index is -0.511. The molecule has 0 spiro atoms. The Morgan fingerprint density at radius 3 is 2.83 bits per heavy atom. The van der Waals surface area contributed by atoms with E-state index >= 15 is 0 Å². The minimum Gasteiger partial charge on any atom is -0.489 e. The molecule has 2 aromatic rings. The molecule has 0 saturated heterocycles. The molecule has 0 amide bonds. The number of benzene rings is 1. The maximum absolute atomic E-state index is 14.3. The van der Waals surface area contributed by atoms with Gasteiger partial charge in [-0.3, -0.25) is 0 Å². The van der Waals surface area contributed by atoms with Crippen LogP contribution in [-0.4, -0.2) is 18.4 Å². The van der Waals surface area contributed by atoms with Gasteiger partial charge >= 0.3 is 0 Å². The summed E-state index contributed by atoms with van der Waals surface area (Å²) in [5, 5.41) is 3.68. The molecule has 0 fully saturated rings. The van der Waals surface area contributed by atoms with Gasteiger partial charge in [-0.05, 0) is 12.1 Å². The summed E-state index contributed by atoms with van der Waals surface area (Å²) in [6.45, 7) is 0.941. The zero-order valence-electron chi connectivity index (χ0n) is 9.48. The summed E-state index contributed by atoms with van der Waals surface area (Å²) in [5.74, 6) is 0.149. The Morgan fingerprint density at radius 1 is 1.22 bits per heavy atom. The van der Waals surface area contributed by atoms with Gasteiger partial charge in [-0.15, -0.1) is 0 Å². The van der Waals surface area contributed by atoms with Gasteiger partial charge in [-0.25, -0.2) is 4.39 Å². The van der Waals surface area contributed by atoms with E-state index in [1.807, 2.05) is 0 Å². The molecule has 1 aromatic heterocycles. The Kier molecular flexibility index (Phi) is 2.55. The van der Waals surface area contributed by atoms with Gasteiger partial charge in [0.15, 0.2) is 17.3 Å². The van der Waals surface area contributed by atoms with Crippen molar-refractivity contribution in [1.29, 1.82) is 0 Å². The summed E-state index contributed by atoms with van der Waals surface area (Å²) in [4.78, 5) is 0. The van der Waals surface area contributed by atoms with Crippen LogP contribution in [0.4, 0.5) is 10.3 Å². The van der Waals surface area contributed by atoms with Crippen LogP contribution < -0.4 is 15.2 Å². The normalized spacial score (nSPS) is 14.3. The number of nitrogens with two attached hydrogens (primary N) is 1. The van der Waals surface area contributed by atoms with Gasteiger partial charge in [0, 0.05) is 18.1 Å². The molecule has 94 valence electrons. The lowest BCUT2D eigenvalue weighted by Crippen LogP contribution is -1.98. The molecule has 0 atom stereocenters. The van der Waals surface area contributed by atoms with E-state index < -0.39 is 5.82 Å². The molecular weight excluding hydrogens is 239 g/mol. The number of nitrogen functional groups attached to an aromatic ring is 1. The van der Waals surface area contributed by atoms with E-state index in [0.29, 0.717) is 24.7 Å². The van der Waals surface area contributed by atoms with Crippen molar-refractivity contribution in [3.8, 4) is 22.8 Å². The fourth-order valence-electron chi connectivity index (χ4n) is 1.82. The number of aromatic nitrogens is 1. The lowest BCUT2D eigenvalue weighted by molar-refractivity contribution is 0.292. The molecule has 1 aliphatic rings. The largest absolute Gasteiger partial charge is 0.489 e. The summed E-state index contributed by atoms with van der Waals surface area (Å²) in [5.41, 5.74) is 6.03. The molecule has 5 nitrogen and oxygen atoms in total. The first kappa shape index (κ1) is 10.9. The lowest BCUT2D eigenvalue weighted by atomic mass is 10.1. The number of hydrogen-bond donors (Lipinski definition) is 1. The van der Waals surface area contributed by atoms with Gasteiger partial charge in [0.05, 0.1) is 13.2 Å². The van der Waals surface area contributed by atoms with E-state index in [9.17, 15) is 4.39 Å². The molecule has 0 radical (unpaired) electrons. The summed E-state index contributed by atoms with van der Waals surface area (Å²) < 4.78 is 29.8. The molecule has 1 aromatic carbocycles. The van der Waals surface area contributed by atoms with Gasteiger partial charge in [-0.2, -0.15) is 0 Å². The van der Waals surface area contributed by atoms with Gasteiger partial charge < -0.3 is 19.7 Å². The fourth-order valence-corrected chi connectivity index (χ4v) is 1.82. The molecule has 18 heavy (non-hydrogen) atoms. The minimum absolute atomic E-state index is 0.117. The molecule has 0 bridgehead atoms. The number of hydrogen-bond acceptors (Lipinski definition) is 5. The van der Waals surface area contributed by atoms with E-state index in [0.717, 1.165) is 6.42 Å². The zero-order chi connectivity index (χ0) is 12.5. The molecule has 3 rings (SSSR count). The van der Waals surface area contributed by atoms with Crippen molar-refractivity contribution < 1.29 is 18.4 Å². The van der Waals surface area contributed by atoms with Crippen molar-refractivity contribution in [2.45, 2.75) is 6.42 Å². The van der Waals surface area contributed by atoms with Crippen LogP contribution in [0.5, 0.6) is 11.5 Å². The third kappa shape index (κ3) is 1.75. The van der Waals surface area contributed by atoms with Crippen molar-refractivity contribution in [3.63, 3.8) is 0 Å². The highest BCUT2D eigenvalue weighted by molar-refractivity contribution is 5.66. The van der Waals surface area contributed by atoms with Gasteiger partial charge in [-0.1, -0.05) is 5.16 Å².